The number of hydrogen-bond donors (Lipinski definition) is 1. The summed E-state index contributed by atoms with van der Waals surface area (Å²) in [6, 6.07) is 11.8. The van der Waals surface area contributed by atoms with Crippen LogP contribution in [-0.4, -0.2) is 15.8 Å². The third kappa shape index (κ3) is 3.64. The van der Waals surface area contributed by atoms with Gasteiger partial charge in [0, 0.05) is 36.0 Å². The summed E-state index contributed by atoms with van der Waals surface area (Å²) in [5.41, 5.74) is 3.74. The summed E-state index contributed by atoms with van der Waals surface area (Å²) in [4.78, 5) is 1.33. The van der Waals surface area contributed by atoms with E-state index in [1.807, 2.05) is 30.4 Å². The largest absolute Gasteiger partial charge is 0.310 e. The summed E-state index contributed by atoms with van der Waals surface area (Å²) in [6.07, 6.45) is 2.68. The molecule has 0 radical (unpaired) electrons. The van der Waals surface area contributed by atoms with Gasteiger partial charge in [-0.05, 0) is 43.5 Å². The van der Waals surface area contributed by atoms with Gasteiger partial charge in [-0.25, -0.2) is 0 Å². The molecule has 3 nitrogen and oxygen atoms in total. The fourth-order valence-electron chi connectivity index (χ4n) is 2.25. The molecule has 2 aromatic rings. The highest BCUT2D eigenvalue weighted by molar-refractivity contribution is 7.98. The van der Waals surface area contributed by atoms with Crippen molar-refractivity contribution in [3.8, 4) is 0 Å². The molecule has 1 aliphatic rings. The molecule has 0 spiro atoms. The van der Waals surface area contributed by atoms with Crippen molar-refractivity contribution in [1.82, 2.24) is 15.1 Å². The molecule has 1 fully saturated rings. The summed E-state index contributed by atoms with van der Waals surface area (Å²) < 4.78 is 1.97. The highest BCUT2D eigenvalue weighted by atomic mass is 32.2. The first-order valence-corrected chi connectivity index (χ1v) is 8.14. The molecule has 1 aliphatic carbocycles. The van der Waals surface area contributed by atoms with Gasteiger partial charge in [-0.15, -0.1) is 11.8 Å². The van der Waals surface area contributed by atoms with Crippen molar-refractivity contribution in [1.29, 1.82) is 0 Å². The van der Waals surface area contributed by atoms with Crippen molar-refractivity contribution in [2.75, 3.05) is 0 Å². The Bertz CT molecular complexity index is 587. The van der Waals surface area contributed by atoms with Gasteiger partial charge < -0.3 is 5.32 Å². The second-order valence-corrected chi connectivity index (χ2v) is 6.54. The average molecular weight is 287 g/mol. The predicted molar refractivity (Wildman–Crippen MR) is 83.8 cm³/mol. The molecule has 0 atom stereocenters. The Morgan fingerprint density at radius 3 is 2.90 bits per heavy atom. The number of rotatable bonds is 6. The molecule has 1 aromatic heterocycles. The molecule has 1 aromatic carbocycles. The van der Waals surface area contributed by atoms with Gasteiger partial charge in [-0.3, -0.25) is 4.68 Å². The Morgan fingerprint density at radius 2 is 2.20 bits per heavy atom. The quantitative estimate of drug-likeness (QED) is 0.827. The van der Waals surface area contributed by atoms with Gasteiger partial charge in [-0.2, -0.15) is 5.10 Å². The van der Waals surface area contributed by atoms with E-state index in [0.29, 0.717) is 0 Å². The molecule has 1 N–H and O–H groups in total. The van der Waals surface area contributed by atoms with Crippen LogP contribution >= 0.6 is 11.8 Å². The first kappa shape index (κ1) is 13.7. The van der Waals surface area contributed by atoms with Crippen LogP contribution in [0, 0.1) is 6.92 Å². The van der Waals surface area contributed by atoms with E-state index in [1.54, 1.807) is 0 Å². The third-order valence-corrected chi connectivity index (χ3v) is 4.58. The molecule has 106 valence electrons. The van der Waals surface area contributed by atoms with Crippen LogP contribution in [0.1, 0.15) is 29.8 Å². The minimum Gasteiger partial charge on any atom is -0.310 e. The van der Waals surface area contributed by atoms with Crippen LogP contribution in [0.15, 0.2) is 35.2 Å². The SMILES string of the molecule is Cc1cc(CSc2cccc(CNC3CC3)c2)n(C)n1. The zero-order valence-electron chi connectivity index (χ0n) is 12.1. The highest BCUT2D eigenvalue weighted by Gasteiger charge is 2.19. The molecule has 0 aliphatic heterocycles. The third-order valence-electron chi connectivity index (χ3n) is 3.56. The van der Waals surface area contributed by atoms with E-state index in [2.05, 4.69) is 40.7 Å². The maximum atomic E-state index is 4.39. The number of aryl methyl sites for hydroxylation is 2. The van der Waals surface area contributed by atoms with E-state index < -0.39 is 0 Å². The smallest absolute Gasteiger partial charge is 0.0596 e. The summed E-state index contributed by atoms with van der Waals surface area (Å²) in [5.74, 6) is 0.969. The van der Waals surface area contributed by atoms with Crippen molar-refractivity contribution in [3.05, 3.63) is 47.3 Å². The number of nitrogens with zero attached hydrogens (tertiary/aromatic N) is 2. The zero-order chi connectivity index (χ0) is 13.9. The molecule has 1 heterocycles. The zero-order valence-corrected chi connectivity index (χ0v) is 12.9. The minimum absolute atomic E-state index is 0.767. The monoisotopic (exact) mass is 287 g/mol. The number of aromatic nitrogens is 2. The molecule has 0 unspecified atom stereocenters. The maximum absolute atomic E-state index is 4.39. The Kier molecular flexibility index (Phi) is 4.13. The Labute approximate surface area is 124 Å². The molecular weight excluding hydrogens is 266 g/mol. The van der Waals surface area contributed by atoms with E-state index in [1.165, 1.54) is 29.0 Å². The lowest BCUT2D eigenvalue weighted by molar-refractivity contribution is 0.687. The van der Waals surface area contributed by atoms with Gasteiger partial charge >= 0.3 is 0 Å². The van der Waals surface area contributed by atoms with Gasteiger partial charge in [0.1, 0.15) is 0 Å². The van der Waals surface area contributed by atoms with Crippen molar-refractivity contribution in [2.24, 2.45) is 7.05 Å². The van der Waals surface area contributed by atoms with Gasteiger partial charge in [0.15, 0.2) is 0 Å². The summed E-state index contributed by atoms with van der Waals surface area (Å²) >= 11 is 1.88. The van der Waals surface area contributed by atoms with Crippen LogP contribution in [0.25, 0.3) is 0 Å². The maximum Gasteiger partial charge on any atom is 0.0596 e. The molecule has 3 rings (SSSR count). The molecular formula is C16H21N3S. The van der Waals surface area contributed by atoms with Crippen LogP contribution in [-0.2, 0) is 19.3 Å². The lowest BCUT2D eigenvalue weighted by Crippen LogP contribution is -2.15. The van der Waals surface area contributed by atoms with Crippen molar-refractivity contribution in [2.45, 2.75) is 43.0 Å². The van der Waals surface area contributed by atoms with Crippen molar-refractivity contribution < 1.29 is 0 Å². The number of thioether (sulfide) groups is 1. The molecule has 0 amide bonds. The van der Waals surface area contributed by atoms with E-state index >= 15 is 0 Å². The average Bonchev–Trinajstić information content (AvgIpc) is 3.20. The van der Waals surface area contributed by atoms with Crippen LogP contribution in [0.2, 0.25) is 0 Å². The first-order chi connectivity index (χ1) is 9.70. The summed E-state index contributed by atoms with van der Waals surface area (Å²) in [5, 5.41) is 7.95. The summed E-state index contributed by atoms with van der Waals surface area (Å²) in [7, 11) is 2.01. The van der Waals surface area contributed by atoms with E-state index in [0.717, 1.165) is 24.0 Å². The lowest BCUT2D eigenvalue weighted by Gasteiger charge is -2.06. The number of nitrogens with one attached hydrogen (secondary N) is 1. The molecule has 4 heteroatoms. The highest BCUT2D eigenvalue weighted by Crippen LogP contribution is 2.24. The molecule has 1 saturated carbocycles. The first-order valence-electron chi connectivity index (χ1n) is 7.15. The van der Waals surface area contributed by atoms with Crippen LogP contribution < -0.4 is 5.32 Å². The second kappa shape index (κ2) is 6.02. The van der Waals surface area contributed by atoms with Gasteiger partial charge in [-0.1, -0.05) is 12.1 Å². The fraction of sp³-hybridized carbons (Fsp3) is 0.438. The Morgan fingerprint density at radius 1 is 1.35 bits per heavy atom. The topological polar surface area (TPSA) is 29.9 Å². The number of hydrogen-bond acceptors (Lipinski definition) is 3. The predicted octanol–water partition coefficient (Wildman–Crippen LogP) is 3.27. The van der Waals surface area contributed by atoms with Gasteiger partial charge in [0.05, 0.1) is 5.69 Å². The van der Waals surface area contributed by atoms with E-state index in [-0.39, 0.29) is 0 Å². The van der Waals surface area contributed by atoms with Crippen molar-refractivity contribution in [3.63, 3.8) is 0 Å². The molecule has 0 bridgehead atoms. The fourth-order valence-corrected chi connectivity index (χ4v) is 3.25. The van der Waals surface area contributed by atoms with Crippen LogP contribution in [0.4, 0.5) is 0 Å². The van der Waals surface area contributed by atoms with Crippen LogP contribution in [0.5, 0.6) is 0 Å². The van der Waals surface area contributed by atoms with Gasteiger partial charge in [0.2, 0.25) is 0 Å². The second-order valence-electron chi connectivity index (χ2n) is 5.49. The lowest BCUT2D eigenvalue weighted by atomic mass is 10.2. The Hall–Kier alpha value is -1.26. The number of benzene rings is 1. The van der Waals surface area contributed by atoms with Crippen molar-refractivity contribution >= 4 is 11.8 Å². The molecule has 0 saturated heterocycles. The van der Waals surface area contributed by atoms with E-state index in [9.17, 15) is 0 Å². The minimum atomic E-state index is 0.767. The standard InChI is InChI=1S/C16H21N3S/c1-12-8-15(19(2)18-12)11-20-16-5-3-4-13(9-16)10-17-14-6-7-14/h3-5,8-9,14,17H,6-7,10-11H2,1-2H3. The summed E-state index contributed by atoms with van der Waals surface area (Å²) in [6.45, 7) is 3.03. The molecule has 20 heavy (non-hydrogen) atoms. The normalized spacial score (nSPS) is 14.7. The van der Waals surface area contributed by atoms with Crippen LogP contribution in [0.3, 0.4) is 0 Å². The van der Waals surface area contributed by atoms with Gasteiger partial charge in [0.25, 0.3) is 0 Å². The Balaban J connectivity index is 1.58. The van der Waals surface area contributed by atoms with E-state index in [4.69, 9.17) is 0 Å².